The van der Waals surface area contributed by atoms with Gasteiger partial charge in [-0.2, -0.15) is 0 Å². The lowest BCUT2D eigenvalue weighted by Crippen LogP contribution is -2.33. The standard InChI is InChI=1S/C14H18N2O2/c15-11-2-1-3-12(8-11)16-10-14(9-13(16)17)4-6-18-7-5-14/h1-3,8H,4-7,9-10,15H2. The van der Waals surface area contributed by atoms with Crippen molar-refractivity contribution in [2.45, 2.75) is 19.3 Å². The Balaban J connectivity index is 1.84. The first-order valence-electron chi connectivity index (χ1n) is 6.42. The molecule has 18 heavy (non-hydrogen) atoms. The average Bonchev–Trinajstić information content (AvgIpc) is 2.67. The Morgan fingerprint density at radius 2 is 2.06 bits per heavy atom. The Hall–Kier alpha value is -1.55. The number of anilines is 2. The first-order valence-corrected chi connectivity index (χ1v) is 6.42. The summed E-state index contributed by atoms with van der Waals surface area (Å²) in [4.78, 5) is 14.1. The van der Waals surface area contributed by atoms with Crippen molar-refractivity contribution in [2.75, 3.05) is 30.4 Å². The molecule has 4 nitrogen and oxygen atoms in total. The van der Waals surface area contributed by atoms with Gasteiger partial charge < -0.3 is 15.4 Å². The van der Waals surface area contributed by atoms with Crippen LogP contribution in [0.5, 0.6) is 0 Å². The van der Waals surface area contributed by atoms with Gasteiger partial charge in [0.15, 0.2) is 0 Å². The minimum Gasteiger partial charge on any atom is -0.399 e. The fourth-order valence-electron chi connectivity index (χ4n) is 2.96. The second kappa shape index (κ2) is 4.28. The number of ether oxygens (including phenoxy) is 1. The number of rotatable bonds is 1. The Morgan fingerprint density at radius 1 is 1.28 bits per heavy atom. The van der Waals surface area contributed by atoms with Crippen LogP contribution in [0.25, 0.3) is 0 Å². The fraction of sp³-hybridized carbons (Fsp3) is 0.500. The summed E-state index contributed by atoms with van der Waals surface area (Å²) in [5.41, 5.74) is 7.53. The summed E-state index contributed by atoms with van der Waals surface area (Å²) in [5.74, 6) is 0.211. The van der Waals surface area contributed by atoms with Crippen molar-refractivity contribution >= 4 is 17.3 Å². The topological polar surface area (TPSA) is 55.6 Å². The van der Waals surface area contributed by atoms with Crippen LogP contribution in [0.3, 0.4) is 0 Å². The van der Waals surface area contributed by atoms with Crippen molar-refractivity contribution in [3.05, 3.63) is 24.3 Å². The lowest BCUT2D eigenvalue weighted by Gasteiger charge is -2.32. The Kier molecular flexibility index (Phi) is 2.74. The maximum Gasteiger partial charge on any atom is 0.227 e. The van der Waals surface area contributed by atoms with E-state index in [4.69, 9.17) is 10.5 Å². The first-order chi connectivity index (χ1) is 8.69. The number of hydrogen-bond donors (Lipinski definition) is 1. The van der Waals surface area contributed by atoms with Crippen LogP contribution >= 0.6 is 0 Å². The van der Waals surface area contributed by atoms with Crippen LogP contribution in [-0.4, -0.2) is 25.7 Å². The molecule has 2 aliphatic rings. The van der Waals surface area contributed by atoms with Crippen LogP contribution in [0.2, 0.25) is 0 Å². The number of nitrogen functional groups attached to an aromatic ring is 1. The number of nitrogens with two attached hydrogens (primary N) is 1. The SMILES string of the molecule is Nc1cccc(N2CC3(CCOCC3)CC2=O)c1. The molecule has 1 amide bonds. The largest absolute Gasteiger partial charge is 0.399 e. The van der Waals surface area contributed by atoms with E-state index in [1.807, 2.05) is 29.2 Å². The zero-order valence-electron chi connectivity index (χ0n) is 10.4. The van der Waals surface area contributed by atoms with E-state index in [1.165, 1.54) is 0 Å². The first kappa shape index (κ1) is 11.5. The number of amides is 1. The van der Waals surface area contributed by atoms with Gasteiger partial charge in [0, 0.05) is 43.0 Å². The molecule has 4 heteroatoms. The molecule has 2 fully saturated rings. The Morgan fingerprint density at radius 3 is 2.78 bits per heavy atom. The normalized spacial score (nSPS) is 22.7. The molecule has 0 saturated carbocycles. The van der Waals surface area contributed by atoms with Gasteiger partial charge in [0.05, 0.1) is 0 Å². The van der Waals surface area contributed by atoms with Crippen molar-refractivity contribution in [3.63, 3.8) is 0 Å². The van der Waals surface area contributed by atoms with Crippen molar-refractivity contribution in [1.82, 2.24) is 0 Å². The van der Waals surface area contributed by atoms with Gasteiger partial charge in [-0.15, -0.1) is 0 Å². The molecule has 3 rings (SSSR count). The molecular formula is C14H18N2O2. The van der Waals surface area contributed by atoms with Gasteiger partial charge in [-0.3, -0.25) is 4.79 Å². The molecule has 0 unspecified atom stereocenters. The van der Waals surface area contributed by atoms with Gasteiger partial charge in [0.1, 0.15) is 0 Å². The molecule has 0 bridgehead atoms. The van der Waals surface area contributed by atoms with Crippen LogP contribution in [0.4, 0.5) is 11.4 Å². The summed E-state index contributed by atoms with van der Waals surface area (Å²) in [6.07, 6.45) is 2.61. The van der Waals surface area contributed by atoms with Crippen LogP contribution in [0.15, 0.2) is 24.3 Å². The summed E-state index contributed by atoms with van der Waals surface area (Å²) < 4.78 is 5.40. The lowest BCUT2D eigenvalue weighted by molar-refractivity contribution is -0.118. The van der Waals surface area contributed by atoms with Crippen LogP contribution in [-0.2, 0) is 9.53 Å². The smallest absolute Gasteiger partial charge is 0.227 e. The third-order valence-corrected chi connectivity index (χ3v) is 4.06. The van der Waals surface area contributed by atoms with Crippen LogP contribution in [0.1, 0.15) is 19.3 Å². The molecule has 0 atom stereocenters. The van der Waals surface area contributed by atoms with E-state index in [1.54, 1.807) is 0 Å². The summed E-state index contributed by atoms with van der Waals surface area (Å²) in [5, 5.41) is 0. The van der Waals surface area contributed by atoms with E-state index in [2.05, 4.69) is 0 Å². The minimum atomic E-state index is 0.125. The van der Waals surface area contributed by atoms with E-state index >= 15 is 0 Å². The van der Waals surface area contributed by atoms with E-state index in [0.717, 1.165) is 38.3 Å². The molecule has 0 radical (unpaired) electrons. The van der Waals surface area contributed by atoms with Crippen LogP contribution < -0.4 is 10.6 Å². The lowest BCUT2D eigenvalue weighted by atomic mass is 9.79. The highest BCUT2D eigenvalue weighted by Gasteiger charge is 2.44. The summed E-state index contributed by atoms with van der Waals surface area (Å²) in [6, 6.07) is 7.56. The number of carbonyl (C=O) groups is 1. The van der Waals surface area contributed by atoms with E-state index in [0.29, 0.717) is 12.1 Å². The predicted octanol–water partition coefficient (Wildman–Crippen LogP) is 1.80. The van der Waals surface area contributed by atoms with Crippen molar-refractivity contribution in [3.8, 4) is 0 Å². The molecule has 2 saturated heterocycles. The van der Waals surface area contributed by atoms with Crippen molar-refractivity contribution in [2.24, 2.45) is 5.41 Å². The third kappa shape index (κ3) is 1.97. The van der Waals surface area contributed by atoms with Gasteiger partial charge >= 0.3 is 0 Å². The highest BCUT2D eigenvalue weighted by molar-refractivity contribution is 5.96. The maximum atomic E-state index is 12.2. The molecule has 0 aliphatic carbocycles. The molecular weight excluding hydrogens is 228 g/mol. The average molecular weight is 246 g/mol. The molecule has 1 spiro atoms. The summed E-state index contributed by atoms with van der Waals surface area (Å²) in [6.45, 7) is 2.36. The molecule has 2 heterocycles. The predicted molar refractivity (Wildman–Crippen MR) is 70.3 cm³/mol. The van der Waals surface area contributed by atoms with Gasteiger partial charge in [-0.1, -0.05) is 6.07 Å². The fourth-order valence-corrected chi connectivity index (χ4v) is 2.96. The molecule has 0 aromatic heterocycles. The molecule has 2 N–H and O–H groups in total. The summed E-state index contributed by atoms with van der Waals surface area (Å²) >= 11 is 0. The molecule has 1 aromatic carbocycles. The molecule has 2 aliphatic heterocycles. The maximum absolute atomic E-state index is 12.2. The second-order valence-electron chi connectivity index (χ2n) is 5.36. The van der Waals surface area contributed by atoms with Gasteiger partial charge in [-0.05, 0) is 31.0 Å². The van der Waals surface area contributed by atoms with Crippen molar-refractivity contribution in [1.29, 1.82) is 0 Å². The minimum absolute atomic E-state index is 0.125. The zero-order chi connectivity index (χ0) is 12.6. The third-order valence-electron chi connectivity index (χ3n) is 4.06. The van der Waals surface area contributed by atoms with Crippen molar-refractivity contribution < 1.29 is 9.53 Å². The van der Waals surface area contributed by atoms with Gasteiger partial charge in [-0.25, -0.2) is 0 Å². The highest BCUT2D eigenvalue weighted by Crippen LogP contribution is 2.42. The quantitative estimate of drug-likeness (QED) is 0.769. The van der Waals surface area contributed by atoms with E-state index < -0.39 is 0 Å². The monoisotopic (exact) mass is 246 g/mol. The number of hydrogen-bond acceptors (Lipinski definition) is 3. The number of carbonyl (C=O) groups excluding carboxylic acids is 1. The van der Waals surface area contributed by atoms with E-state index in [9.17, 15) is 4.79 Å². The van der Waals surface area contributed by atoms with Crippen LogP contribution in [0, 0.1) is 5.41 Å². The summed E-state index contributed by atoms with van der Waals surface area (Å²) in [7, 11) is 0. The number of benzene rings is 1. The van der Waals surface area contributed by atoms with E-state index in [-0.39, 0.29) is 11.3 Å². The van der Waals surface area contributed by atoms with Gasteiger partial charge in [0.25, 0.3) is 0 Å². The molecule has 1 aromatic rings. The van der Waals surface area contributed by atoms with Gasteiger partial charge in [0.2, 0.25) is 5.91 Å². The molecule has 96 valence electrons. The Labute approximate surface area is 107 Å². The second-order valence-corrected chi connectivity index (χ2v) is 5.36. The Bertz CT molecular complexity index is 467. The highest BCUT2D eigenvalue weighted by atomic mass is 16.5. The zero-order valence-corrected chi connectivity index (χ0v) is 10.4. The number of nitrogens with zero attached hydrogens (tertiary/aromatic N) is 1.